The number of nitrogens with zero attached hydrogens (tertiary/aromatic N) is 1. The lowest BCUT2D eigenvalue weighted by atomic mass is 9.95. The van der Waals surface area contributed by atoms with Crippen LogP contribution in [-0.2, 0) is 13.0 Å². The number of likely N-dealkylation sites (N-methyl/N-ethyl adjacent to an activating group) is 1. The number of benzene rings is 1. The summed E-state index contributed by atoms with van der Waals surface area (Å²) in [5, 5.41) is 9.66. The standard InChI is InChI=1S/C17H21NOS2/c1-18-9-8-13-16(21-15(11-19)17(13)20-2)14(10-18)12-6-4-3-5-7-12/h3-7,14,19H,8-11H2,1-2H3. The molecule has 1 N–H and O–H groups in total. The van der Waals surface area contributed by atoms with E-state index in [0.717, 1.165) is 24.4 Å². The number of aliphatic hydroxyl groups is 1. The van der Waals surface area contributed by atoms with Gasteiger partial charge in [-0.3, -0.25) is 0 Å². The lowest BCUT2D eigenvalue weighted by Crippen LogP contribution is -2.24. The van der Waals surface area contributed by atoms with Gasteiger partial charge in [-0.25, -0.2) is 0 Å². The molecule has 1 aliphatic heterocycles. The van der Waals surface area contributed by atoms with Crippen LogP contribution in [-0.4, -0.2) is 36.4 Å². The summed E-state index contributed by atoms with van der Waals surface area (Å²) >= 11 is 3.59. The van der Waals surface area contributed by atoms with E-state index in [2.05, 4.69) is 48.5 Å². The largest absolute Gasteiger partial charge is 0.391 e. The molecule has 0 aliphatic carbocycles. The first kappa shape index (κ1) is 15.1. The van der Waals surface area contributed by atoms with Crippen molar-refractivity contribution in [1.29, 1.82) is 0 Å². The van der Waals surface area contributed by atoms with Crippen molar-refractivity contribution < 1.29 is 5.11 Å². The van der Waals surface area contributed by atoms with Gasteiger partial charge in [-0.2, -0.15) is 0 Å². The Morgan fingerprint density at radius 3 is 2.76 bits per heavy atom. The fourth-order valence-corrected chi connectivity index (χ4v) is 5.53. The number of thioether (sulfide) groups is 1. The summed E-state index contributed by atoms with van der Waals surface area (Å²) in [6.07, 6.45) is 3.20. The van der Waals surface area contributed by atoms with Crippen molar-refractivity contribution in [3.05, 3.63) is 51.2 Å². The third kappa shape index (κ3) is 2.90. The molecule has 0 amide bonds. The minimum Gasteiger partial charge on any atom is -0.391 e. The van der Waals surface area contributed by atoms with Gasteiger partial charge < -0.3 is 10.0 Å². The summed E-state index contributed by atoms with van der Waals surface area (Å²) in [5.74, 6) is 0.421. The second-order valence-corrected chi connectivity index (χ2v) is 7.49. The minimum absolute atomic E-state index is 0.158. The van der Waals surface area contributed by atoms with Crippen LogP contribution < -0.4 is 0 Å². The third-order valence-corrected chi connectivity index (χ3v) is 6.52. The minimum atomic E-state index is 0.158. The van der Waals surface area contributed by atoms with Crippen LogP contribution in [0.5, 0.6) is 0 Å². The monoisotopic (exact) mass is 319 g/mol. The average molecular weight is 319 g/mol. The van der Waals surface area contributed by atoms with Crippen molar-refractivity contribution >= 4 is 23.1 Å². The Bertz CT molecular complexity index is 609. The molecule has 0 bridgehead atoms. The Balaban J connectivity index is 2.11. The summed E-state index contributed by atoms with van der Waals surface area (Å²) in [6.45, 7) is 2.30. The lowest BCUT2D eigenvalue weighted by molar-refractivity contribution is 0.282. The number of thiophene rings is 1. The zero-order chi connectivity index (χ0) is 14.8. The van der Waals surface area contributed by atoms with Gasteiger partial charge in [-0.05, 0) is 30.9 Å². The highest BCUT2D eigenvalue weighted by molar-refractivity contribution is 7.98. The Labute approximate surface area is 134 Å². The molecule has 0 saturated heterocycles. The van der Waals surface area contributed by atoms with Crippen LogP contribution in [0.3, 0.4) is 0 Å². The molecule has 2 aromatic rings. The van der Waals surface area contributed by atoms with Gasteiger partial charge >= 0.3 is 0 Å². The number of fused-ring (bicyclic) bond motifs is 1. The highest BCUT2D eigenvalue weighted by Gasteiger charge is 2.28. The van der Waals surface area contributed by atoms with Crippen molar-refractivity contribution in [1.82, 2.24) is 4.90 Å². The van der Waals surface area contributed by atoms with Gasteiger partial charge in [0, 0.05) is 33.7 Å². The summed E-state index contributed by atoms with van der Waals surface area (Å²) in [6, 6.07) is 10.8. The first-order chi connectivity index (χ1) is 10.2. The molecule has 3 rings (SSSR count). The average Bonchev–Trinajstić information content (AvgIpc) is 2.80. The first-order valence-electron chi connectivity index (χ1n) is 7.27. The van der Waals surface area contributed by atoms with E-state index in [4.69, 9.17) is 0 Å². The molecule has 0 fully saturated rings. The topological polar surface area (TPSA) is 23.5 Å². The molecule has 1 unspecified atom stereocenters. The summed E-state index contributed by atoms with van der Waals surface area (Å²) in [7, 11) is 2.21. The lowest BCUT2D eigenvalue weighted by Gasteiger charge is -2.20. The van der Waals surface area contributed by atoms with Crippen LogP contribution >= 0.6 is 23.1 Å². The van der Waals surface area contributed by atoms with E-state index in [0.29, 0.717) is 5.92 Å². The molecule has 0 saturated carbocycles. The normalized spacial score (nSPS) is 19.3. The van der Waals surface area contributed by atoms with E-state index in [1.807, 2.05) is 11.3 Å². The highest BCUT2D eigenvalue weighted by atomic mass is 32.2. The van der Waals surface area contributed by atoms with E-state index in [1.54, 1.807) is 11.8 Å². The van der Waals surface area contributed by atoms with Gasteiger partial charge in [0.25, 0.3) is 0 Å². The van der Waals surface area contributed by atoms with Gasteiger partial charge in [0.05, 0.1) is 6.61 Å². The fourth-order valence-electron chi connectivity index (χ4n) is 3.11. The molecular formula is C17H21NOS2. The molecular weight excluding hydrogens is 298 g/mol. The maximum atomic E-state index is 9.66. The molecule has 0 radical (unpaired) electrons. The smallest absolute Gasteiger partial charge is 0.0785 e. The zero-order valence-electron chi connectivity index (χ0n) is 12.5. The van der Waals surface area contributed by atoms with Crippen LogP contribution in [0.2, 0.25) is 0 Å². The van der Waals surface area contributed by atoms with Crippen molar-refractivity contribution in [3.8, 4) is 0 Å². The fraction of sp³-hybridized carbons (Fsp3) is 0.412. The predicted octanol–water partition coefficient (Wildman–Crippen LogP) is 3.58. The van der Waals surface area contributed by atoms with Gasteiger partial charge in [0.1, 0.15) is 0 Å². The van der Waals surface area contributed by atoms with Crippen LogP contribution in [0.1, 0.15) is 26.8 Å². The van der Waals surface area contributed by atoms with E-state index in [9.17, 15) is 5.11 Å². The number of aliphatic hydroxyl groups excluding tert-OH is 1. The number of hydrogen-bond donors (Lipinski definition) is 1. The molecule has 4 heteroatoms. The van der Waals surface area contributed by atoms with Gasteiger partial charge in [0.2, 0.25) is 0 Å². The Morgan fingerprint density at radius 2 is 2.10 bits per heavy atom. The van der Waals surface area contributed by atoms with E-state index in [1.165, 1.54) is 20.9 Å². The molecule has 112 valence electrons. The predicted molar refractivity (Wildman–Crippen MR) is 91.5 cm³/mol. The van der Waals surface area contributed by atoms with E-state index < -0.39 is 0 Å². The second kappa shape index (κ2) is 6.53. The second-order valence-electron chi connectivity index (χ2n) is 5.53. The molecule has 1 atom stereocenters. The SMILES string of the molecule is CSc1c(CO)sc2c1CCN(C)CC2c1ccccc1. The van der Waals surface area contributed by atoms with Crippen molar-refractivity contribution in [2.75, 3.05) is 26.4 Å². The van der Waals surface area contributed by atoms with Gasteiger partial charge in [0.15, 0.2) is 0 Å². The summed E-state index contributed by atoms with van der Waals surface area (Å²) in [4.78, 5) is 6.33. The molecule has 1 aromatic carbocycles. The Morgan fingerprint density at radius 1 is 1.33 bits per heavy atom. The maximum absolute atomic E-state index is 9.66. The van der Waals surface area contributed by atoms with Gasteiger partial charge in [-0.1, -0.05) is 30.3 Å². The van der Waals surface area contributed by atoms with Crippen molar-refractivity contribution in [2.24, 2.45) is 0 Å². The zero-order valence-corrected chi connectivity index (χ0v) is 14.1. The third-order valence-electron chi connectivity index (χ3n) is 4.16. The van der Waals surface area contributed by atoms with E-state index in [-0.39, 0.29) is 6.61 Å². The summed E-state index contributed by atoms with van der Waals surface area (Å²) < 4.78 is 0. The highest BCUT2D eigenvalue weighted by Crippen LogP contribution is 2.43. The maximum Gasteiger partial charge on any atom is 0.0785 e. The number of hydrogen-bond acceptors (Lipinski definition) is 4. The Kier molecular flexibility index (Phi) is 4.69. The molecule has 21 heavy (non-hydrogen) atoms. The van der Waals surface area contributed by atoms with Crippen LogP contribution in [0, 0.1) is 0 Å². The molecule has 1 aromatic heterocycles. The van der Waals surface area contributed by atoms with Crippen molar-refractivity contribution in [3.63, 3.8) is 0 Å². The van der Waals surface area contributed by atoms with Gasteiger partial charge in [-0.15, -0.1) is 23.1 Å². The quantitative estimate of drug-likeness (QED) is 0.875. The molecule has 2 nitrogen and oxygen atoms in total. The number of rotatable bonds is 3. The van der Waals surface area contributed by atoms with E-state index >= 15 is 0 Å². The van der Waals surface area contributed by atoms with Crippen LogP contribution in [0.25, 0.3) is 0 Å². The molecule has 2 heterocycles. The molecule has 1 aliphatic rings. The first-order valence-corrected chi connectivity index (χ1v) is 9.31. The van der Waals surface area contributed by atoms with Crippen LogP contribution in [0.15, 0.2) is 35.2 Å². The Hall–Kier alpha value is -0.810. The molecule has 0 spiro atoms. The van der Waals surface area contributed by atoms with Crippen molar-refractivity contribution in [2.45, 2.75) is 23.8 Å². The summed E-state index contributed by atoms with van der Waals surface area (Å²) in [5.41, 5.74) is 2.85. The van der Waals surface area contributed by atoms with Crippen LogP contribution in [0.4, 0.5) is 0 Å².